The van der Waals surface area contributed by atoms with Crippen molar-refractivity contribution >= 4 is 22.7 Å². The second kappa shape index (κ2) is 9.35. The zero-order chi connectivity index (χ0) is 22.7. The lowest BCUT2D eigenvalue weighted by Gasteiger charge is -2.36. The Morgan fingerprint density at radius 2 is 1.91 bits per heavy atom. The number of methoxy groups -OCH3 is 1. The second-order valence-corrected chi connectivity index (χ2v) is 7.74. The number of nitrogens with zero attached hydrogens (tertiary/aromatic N) is 3. The smallest absolute Gasteiger partial charge is 0.420 e. The molecule has 4 rings (SSSR count). The number of oxazole rings is 1. The number of amides is 1. The average molecular weight is 441 g/mol. The van der Waals surface area contributed by atoms with Crippen molar-refractivity contribution < 1.29 is 18.7 Å². The van der Waals surface area contributed by atoms with Crippen molar-refractivity contribution in [1.82, 2.24) is 9.47 Å². The molecule has 0 unspecified atom stereocenters. The molecule has 1 fully saturated rings. The molecule has 170 valence electrons. The van der Waals surface area contributed by atoms with Gasteiger partial charge in [0.15, 0.2) is 5.58 Å². The van der Waals surface area contributed by atoms with Crippen LogP contribution in [-0.2, 0) is 11.3 Å². The number of anilines is 1. The third kappa shape index (κ3) is 4.43. The van der Waals surface area contributed by atoms with E-state index in [1.807, 2.05) is 19.1 Å². The highest BCUT2D eigenvalue weighted by atomic mass is 16.5. The molecule has 2 aromatic carbocycles. The summed E-state index contributed by atoms with van der Waals surface area (Å²) in [5.74, 6) is 0.747. The molecule has 0 atom stereocenters. The van der Waals surface area contributed by atoms with Crippen LogP contribution in [0.4, 0.5) is 5.69 Å². The molecular formula is C23H28N4O5. The summed E-state index contributed by atoms with van der Waals surface area (Å²) in [6.07, 6.45) is 0. The van der Waals surface area contributed by atoms with Crippen LogP contribution in [0.5, 0.6) is 11.5 Å². The van der Waals surface area contributed by atoms with Crippen LogP contribution in [-0.4, -0.2) is 61.8 Å². The standard InChI is InChI=1S/C23H28N4O5/c1-16-3-4-17(13-20(16)30-2)25-8-10-26(11-9-25)22(28)15-27-19-6-5-18(31-12-7-24)14-21(19)32-23(27)29/h3-6,13-14H,7-12,15,24H2,1-2H3. The summed E-state index contributed by atoms with van der Waals surface area (Å²) in [5.41, 5.74) is 8.56. The van der Waals surface area contributed by atoms with Crippen LogP contribution >= 0.6 is 0 Å². The molecule has 2 heterocycles. The van der Waals surface area contributed by atoms with Gasteiger partial charge in [0.25, 0.3) is 0 Å². The van der Waals surface area contributed by atoms with E-state index in [0.29, 0.717) is 56.2 Å². The molecule has 1 amide bonds. The number of piperazine rings is 1. The van der Waals surface area contributed by atoms with Crippen molar-refractivity contribution in [2.24, 2.45) is 5.73 Å². The van der Waals surface area contributed by atoms with Crippen molar-refractivity contribution in [2.75, 3.05) is 51.3 Å². The summed E-state index contributed by atoms with van der Waals surface area (Å²) in [6, 6.07) is 11.2. The lowest BCUT2D eigenvalue weighted by atomic mass is 10.1. The van der Waals surface area contributed by atoms with Crippen molar-refractivity contribution in [3.05, 3.63) is 52.5 Å². The van der Waals surface area contributed by atoms with Gasteiger partial charge >= 0.3 is 5.76 Å². The highest BCUT2D eigenvalue weighted by Crippen LogP contribution is 2.26. The minimum Gasteiger partial charge on any atom is -0.496 e. The Kier molecular flexibility index (Phi) is 6.36. The van der Waals surface area contributed by atoms with Crippen LogP contribution < -0.4 is 25.9 Å². The highest BCUT2D eigenvalue weighted by molar-refractivity contribution is 5.80. The van der Waals surface area contributed by atoms with Gasteiger partial charge in [0.1, 0.15) is 24.7 Å². The summed E-state index contributed by atoms with van der Waals surface area (Å²) < 4.78 is 17.6. The van der Waals surface area contributed by atoms with E-state index in [-0.39, 0.29) is 12.5 Å². The van der Waals surface area contributed by atoms with Crippen molar-refractivity contribution in [2.45, 2.75) is 13.5 Å². The molecule has 0 radical (unpaired) electrons. The van der Waals surface area contributed by atoms with E-state index in [9.17, 15) is 9.59 Å². The molecule has 32 heavy (non-hydrogen) atoms. The first-order valence-electron chi connectivity index (χ1n) is 10.6. The third-order valence-corrected chi connectivity index (χ3v) is 5.71. The Labute approximate surface area is 185 Å². The monoisotopic (exact) mass is 440 g/mol. The molecule has 1 aliphatic rings. The summed E-state index contributed by atoms with van der Waals surface area (Å²) in [7, 11) is 1.66. The lowest BCUT2D eigenvalue weighted by Crippen LogP contribution is -2.50. The Morgan fingerprint density at radius 3 is 2.62 bits per heavy atom. The van der Waals surface area contributed by atoms with E-state index >= 15 is 0 Å². The Hall–Kier alpha value is -3.46. The van der Waals surface area contributed by atoms with Gasteiger partial charge in [0, 0.05) is 50.5 Å². The van der Waals surface area contributed by atoms with Crippen LogP contribution in [0.1, 0.15) is 5.56 Å². The number of nitrogens with two attached hydrogens (primary N) is 1. The van der Waals surface area contributed by atoms with Gasteiger partial charge in [-0.1, -0.05) is 6.07 Å². The van der Waals surface area contributed by atoms with Gasteiger partial charge in [-0.2, -0.15) is 0 Å². The topological polar surface area (TPSA) is 103 Å². The van der Waals surface area contributed by atoms with Crippen molar-refractivity contribution in [3.8, 4) is 11.5 Å². The molecule has 1 aliphatic heterocycles. The quantitative estimate of drug-likeness (QED) is 0.595. The largest absolute Gasteiger partial charge is 0.496 e. The number of hydrogen-bond acceptors (Lipinski definition) is 7. The molecule has 9 heteroatoms. The van der Waals surface area contributed by atoms with E-state index in [0.717, 1.165) is 17.0 Å². The number of carbonyl (C=O) groups is 1. The van der Waals surface area contributed by atoms with Crippen molar-refractivity contribution in [3.63, 3.8) is 0 Å². The van der Waals surface area contributed by atoms with Gasteiger partial charge in [-0.25, -0.2) is 4.79 Å². The maximum Gasteiger partial charge on any atom is 0.420 e. The van der Waals surface area contributed by atoms with E-state index < -0.39 is 5.76 Å². The predicted molar refractivity (Wildman–Crippen MR) is 122 cm³/mol. The predicted octanol–water partition coefficient (Wildman–Crippen LogP) is 1.60. The molecule has 1 aromatic heterocycles. The molecule has 0 spiro atoms. The molecule has 0 bridgehead atoms. The minimum absolute atomic E-state index is 0.0623. The van der Waals surface area contributed by atoms with Gasteiger partial charge in [-0.05, 0) is 30.7 Å². The number of aromatic nitrogens is 1. The summed E-state index contributed by atoms with van der Waals surface area (Å²) in [6.45, 7) is 5.29. The van der Waals surface area contributed by atoms with Crippen molar-refractivity contribution in [1.29, 1.82) is 0 Å². The second-order valence-electron chi connectivity index (χ2n) is 7.74. The van der Waals surface area contributed by atoms with Crippen LogP contribution in [0.25, 0.3) is 11.1 Å². The SMILES string of the molecule is COc1cc(N2CCN(C(=O)Cn3c(=O)oc4cc(OCCN)ccc43)CC2)ccc1C. The van der Waals surface area contributed by atoms with Crippen LogP contribution in [0.3, 0.4) is 0 Å². The lowest BCUT2D eigenvalue weighted by molar-refractivity contribution is -0.132. The summed E-state index contributed by atoms with van der Waals surface area (Å²) in [5, 5.41) is 0. The fourth-order valence-corrected chi connectivity index (χ4v) is 3.92. The molecule has 9 nitrogen and oxygen atoms in total. The normalized spacial score (nSPS) is 14.1. The molecule has 0 aliphatic carbocycles. The van der Waals surface area contributed by atoms with Crippen LogP contribution in [0, 0.1) is 6.92 Å². The maximum atomic E-state index is 12.9. The van der Waals surface area contributed by atoms with Gasteiger partial charge in [-0.15, -0.1) is 0 Å². The molecule has 2 N–H and O–H groups in total. The number of hydrogen-bond donors (Lipinski definition) is 1. The summed E-state index contributed by atoms with van der Waals surface area (Å²) in [4.78, 5) is 29.3. The van der Waals surface area contributed by atoms with Gasteiger partial charge in [0.05, 0.1) is 12.6 Å². The minimum atomic E-state index is -0.560. The van der Waals surface area contributed by atoms with Crippen LogP contribution in [0.15, 0.2) is 45.6 Å². The first kappa shape index (κ1) is 21.8. The maximum absolute atomic E-state index is 12.9. The third-order valence-electron chi connectivity index (χ3n) is 5.71. The number of benzene rings is 2. The van der Waals surface area contributed by atoms with Gasteiger partial charge in [0.2, 0.25) is 5.91 Å². The van der Waals surface area contributed by atoms with E-state index in [1.54, 1.807) is 30.2 Å². The van der Waals surface area contributed by atoms with E-state index in [4.69, 9.17) is 19.6 Å². The number of aryl methyl sites for hydroxylation is 1. The molecule has 0 saturated carbocycles. The first-order valence-corrected chi connectivity index (χ1v) is 10.6. The zero-order valence-electron chi connectivity index (χ0n) is 18.4. The Morgan fingerprint density at radius 1 is 1.12 bits per heavy atom. The van der Waals surface area contributed by atoms with Gasteiger partial charge in [-0.3, -0.25) is 9.36 Å². The zero-order valence-corrected chi connectivity index (χ0v) is 18.4. The number of rotatable bonds is 7. The highest BCUT2D eigenvalue weighted by Gasteiger charge is 2.23. The van der Waals surface area contributed by atoms with Crippen LogP contribution in [0.2, 0.25) is 0 Å². The Bertz CT molecular complexity index is 1160. The first-order chi connectivity index (χ1) is 15.5. The number of fused-ring (bicyclic) bond motifs is 1. The molecule has 3 aromatic rings. The number of carbonyl (C=O) groups excluding carboxylic acids is 1. The molecular weight excluding hydrogens is 412 g/mol. The fourth-order valence-electron chi connectivity index (χ4n) is 3.92. The summed E-state index contributed by atoms with van der Waals surface area (Å²) >= 11 is 0. The van der Waals surface area contributed by atoms with Gasteiger partial charge < -0.3 is 29.4 Å². The van der Waals surface area contributed by atoms with E-state index in [2.05, 4.69) is 11.0 Å². The van der Waals surface area contributed by atoms with E-state index in [1.165, 1.54) is 4.57 Å². The number of ether oxygens (including phenoxy) is 2. The average Bonchev–Trinajstić information content (AvgIpc) is 3.12. The fraction of sp³-hybridized carbons (Fsp3) is 0.391. The Balaban J connectivity index is 1.41. The molecule has 1 saturated heterocycles.